The molecule has 3 aromatic rings. The first-order valence-electron chi connectivity index (χ1n) is 9.87. The molecule has 146 valence electrons. The number of hydrogen-bond donors (Lipinski definition) is 1. The number of fused-ring (bicyclic) bond motifs is 4. The van der Waals surface area contributed by atoms with Gasteiger partial charge in [0.2, 0.25) is 0 Å². The largest absolute Gasteiger partial charge is 0.497 e. The number of para-hydroxylation sites is 1. The van der Waals surface area contributed by atoms with Crippen molar-refractivity contribution < 1.29 is 14.3 Å². The maximum Gasteiger partial charge on any atom is 0.167 e. The van der Waals surface area contributed by atoms with Gasteiger partial charge >= 0.3 is 0 Å². The Morgan fingerprint density at radius 1 is 1.07 bits per heavy atom. The number of aromatic nitrogens is 1. The number of carbonyl (C=O) groups is 1. The summed E-state index contributed by atoms with van der Waals surface area (Å²) in [6.07, 6.45) is 3.29. The fraction of sp³-hybridized carbons (Fsp3) is 0.240. The Balaban J connectivity index is 1.72. The molecular weight excluding hydrogens is 362 g/mol. The molecule has 0 spiro atoms. The second kappa shape index (κ2) is 6.38. The Bertz CT molecular complexity index is 1190. The van der Waals surface area contributed by atoms with Crippen molar-refractivity contribution in [2.45, 2.75) is 26.7 Å². The summed E-state index contributed by atoms with van der Waals surface area (Å²) >= 11 is 0. The Kier molecular flexibility index (Phi) is 3.91. The van der Waals surface area contributed by atoms with Crippen molar-refractivity contribution in [3.05, 3.63) is 71.1 Å². The van der Waals surface area contributed by atoms with Crippen LogP contribution in [0.25, 0.3) is 28.3 Å². The maximum atomic E-state index is 13.1. The summed E-state index contributed by atoms with van der Waals surface area (Å²) in [5.41, 5.74) is 4.49. The quantitative estimate of drug-likeness (QED) is 0.606. The Morgan fingerprint density at radius 2 is 1.83 bits per heavy atom. The lowest BCUT2D eigenvalue weighted by Gasteiger charge is -2.34. The molecule has 1 aliphatic carbocycles. The van der Waals surface area contributed by atoms with Crippen molar-refractivity contribution >= 4 is 34.1 Å². The van der Waals surface area contributed by atoms with Crippen LogP contribution in [0.5, 0.6) is 5.75 Å². The number of allylic oxidation sites excluding steroid dienone is 2. The zero-order valence-corrected chi connectivity index (χ0v) is 16.8. The minimum absolute atomic E-state index is 0.106. The number of nitrogens with one attached hydrogen (secondary N) is 1. The zero-order valence-electron chi connectivity index (χ0n) is 16.8. The van der Waals surface area contributed by atoms with E-state index in [2.05, 4.69) is 24.9 Å². The van der Waals surface area contributed by atoms with E-state index in [1.54, 1.807) is 7.11 Å². The molecule has 2 aliphatic rings. The number of Topliss-reactive ketones (excluding diaryl/α,β-unsaturated/α-hetero) is 1. The van der Waals surface area contributed by atoms with Crippen molar-refractivity contribution in [1.29, 1.82) is 0 Å². The normalized spacial score (nSPS) is 19.1. The minimum atomic E-state index is -0.106. The molecule has 0 fully saturated rings. The van der Waals surface area contributed by atoms with E-state index in [1.807, 2.05) is 48.5 Å². The molecule has 0 radical (unpaired) electrons. The van der Waals surface area contributed by atoms with Gasteiger partial charge in [-0.3, -0.25) is 4.79 Å². The Morgan fingerprint density at radius 3 is 2.59 bits per heavy atom. The molecule has 0 unspecified atom stereocenters. The summed E-state index contributed by atoms with van der Waals surface area (Å²) in [7, 11) is 1.66. The van der Waals surface area contributed by atoms with Crippen molar-refractivity contribution in [3.8, 4) is 5.75 Å². The lowest BCUT2D eigenvalue weighted by atomic mass is 9.74. The third kappa shape index (κ3) is 2.96. The van der Waals surface area contributed by atoms with Gasteiger partial charge in [-0.05, 0) is 35.3 Å². The van der Waals surface area contributed by atoms with Crippen LogP contribution in [0.1, 0.15) is 43.5 Å². The van der Waals surface area contributed by atoms with E-state index in [0.29, 0.717) is 6.42 Å². The highest BCUT2D eigenvalue weighted by molar-refractivity contribution is 6.27. The van der Waals surface area contributed by atoms with Crippen molar-refractivity contribution in [3.63, 3.8) is 0 Å². The van der Waals surface area contributed by atoms with E-state index >= 15 is 0 Å². The molecule has 0 amide bonds. The molecule has 0 bridgehead atoms. The minimum Gasteiger partial charge on any atom is -0.497 e. The van der Waals surface area contributed by atoms with Gasteiger partial charge < -0.3 is 14.5 Å². The number of aromatic amines is 1. The number of hydrogen-bond acceptors (Lipinski definition) is 3. The summed E-state index contributed by atoms with van der Waals surface area (Å²) in [5, 5.41) is 1.06. The standard InChI is InChI=1S/C25H23NO3/c1-25(2)13-19(27)23-21(14-25)29-20(12-15-8-10-16(28-3)11-9-15)24-22(23)17-6-4-5-7-18(17)26-24/h4-12,26H,13-14H2,1-3H3/b20-12+. The van der Waals surface area contributed by atoms with E-state index in [4.69, 9.17) is 9.47 Å². The van der Waals surface area contributed by atoms with Crippen LogP contribution in [-0.4, -0.2) is 17.9 Å². The van der Waals surface area contributed by atoms with Crippen LogP contribution in [-0.2, 0) is 9.53 Å². The number of ketones is 1. The zero-order chi connectivity index (χ0) is 20.2. The molecule has 1 aliphatic heterocycles. The second-order valence-corrected chi connectivity index (χ2v) is 8.54. The topological polar surface area (TPSA) is 51.3 Å². The third-order valence-electron chi connectivity index (χ3n) is 5.69. The van der Waals surface area contributed by atoms with Gasteiger partial charge in [0.25, 0.3) is 0 Å². The van der Waals surface area contributed by atoms with Gasteiger partial charge in [0.05, 0.1) is 18.4 Å². The van der Waals surface area contributed by atoms with Crippen LogP contribution < -0.4 is 4.74 Å². The van der Waals surface area contributed by atoms with E-state index < -0.39 is 0 Å². The summed E-state index contributed by atoms with van der Waals surface area (Å²) in [6, 6.07) is 16.0. The lowest BCUT2D eigenvalue weighted by molar-refractivity contribution is -0.116. The van der Waals surface area contributed by atoms with Crippen LogP contribution in [0, 0.1) is 5.41 Å². The summed E-state index contributed by atoms with van der Waals surface area (Å²) < 4.78 is 11.6. The van der Waals surface area contributed by atoms with E-state index in [9.17, 15) is 4.79 Å². The summed E-state index contributed by atoms with van der Waals surface area (Å²) in [4.78, 5) is 16.6. The number of rotatable bonds is 2. The fourth-order valence-corrected chi connectivity index (χ4v) is 4.35. The molecule has 0 saturated carbocycles. The number of methoxy groups -OCH3 is 1. The molecule has 2 aromatic carbocycles. The summed E-state index contributed by atoms with van der Waals surface area (Å²) in [6.45, 7) is 4.24. The van der Waals surface area contributed by atoms with Gasteiger partial charge in [-0.1, -0.05) is 44.2 Å². The average Bonchev–Trinajstić information content (AvgIpc) is 3.07. The molecule has 4 nitrogen and oxygen atoms in total. The van der Waals surface area contributed by atoms with Gasteiger partial charge in [0, 0.05) is 29.3 Å². The number of ether oxygens (including phenoxy) is 2. The first-order valence-corrected chi connectivity index (χ1v) is 9.87. The van der Waals surface area contributed by atoms with E-state index in [1.165, 1.54) is 0 Å². The van der Waals surface area contributed by atoms with Crippen LogP contribution in [0.3, 0.4) is 0 Å². The van der Waals surface area contributed by atoms with Gasteiger partial charge in [0.15, 0.2) is 11.5 Å². The molecule has 0 atom stereocenters. The molecule has 1 aromatic heterocycles. The molecule has 5 rings (SSSR count). The van der Waals surface area contributed by atoms with Crippen LogP contribution in [0.15, 0.2) is 54.3 Å². The monoisotopic (exact) mass is 385 g/mol. The second-order valence-electron chi connectivity index (χ2n) is 8.54. The SMILES string of the molecule is COc1ccc(/C=C2/OC3=C(C(=O)CC(C)(C)C3)c3c2[nH]c2ccccc32)cc1. The van der Waals surface area contributed by atoms with Crippen molar-refractivity contribution in [2.75, 3.05) is 7.11 Å². The maximum absolute atomic E-state index is 13.1. The highest BCUT2D eigenvalue weighted by Gasteiger charge is 2.40. The smallest absolute Gasteiger partial charge is 0.167 e. The number of benzene rings is 2. The van der Waals surface area contributed by atoms with Gasteiger partial charge in [0.1, 0.15) is 11.5 Å². The Hall–Kier alpha value is -3.27. The molecule has 29 heavy (non-hydrogen) atoms. The molecular formula is C25H23NO3. The molecule has 4 heteroatoms. The molecule has 0 saturated heterocycles. The predicted octanol–water partition coefficient (Wildman–Crippen LogP) is 5.81. The third-order valence-corrected chi connectivity index (χ3v) is 5.69. The van der Waals surface area contributed by atoms with Crippen molar-refractivity contribution in [2.24, 2.45) is 5.41 Å². The van der Waals surface area contributed by atoms with Crippen LogP contribution in [0.4, 0.5) is 0 Å². The summed E-state index contributed by atoms with van der Waals surface area (Å²) in [5.74, 6) is 2.49. The van der Waals surface area contributed by atoms with Crippen LogP contribution in [0.2, 0.25) is 0 Å². The van der Waals surface area contributed by atoms with E-state index in [-0.39, 0.29) is 11.2 Å². The van der Waals surface area contributed by atoms with E-state index in [0.717, 1.165) is 57.0 Å². The predicted molar refractivity (Wildman–Crippen MR) is 115 cm³/mol. The highest BCUT2D eigenvalue weighted by atomic mass is 16.5. The van der Waals surface area contributed by atoms with Gasteiger partial charge in [-0.25, -0.2) is 0 Å². The first-order chi connectivity index (χ1) is 13.9. The lowest BCUT2D eigenvalue weighted by Crippen LogP contribution is -2.28. The van der Waals surface area contributed by atoms with Crippen LogP contribution >= 0.6 is 0 Å². The number of carbonyl (C=O) groups excluding carboxylic acids is 1. The van der Waals surface area contributed by atoms with Gasteiger partial charge in [-0.15, -0.1) is 0 Å². The molecule has 1 N–H and O–H groups in total. The first kappa shape index (κ1) is 17.8. The fourth-order valence-electron chi connectivity index (χ4n) is 4.35. The highest BCUT2D eigenvalue weighted by Crippen LogP contribution is 2.49. The van der Waals surface area contributed by atoms with Gasteiger partial charge in [-0.2, -0.15) is 0 Å². The molecule has 2 heterocycles. The Labute approximate surface area is 169 Å². The average molecular weight is 385 g/mol. The number of H-pyrrole nitrogens is 1. The van der Waals surface area contributed by atoms with Crippen molar-refractivity contribution in [1.82, 2.24) is 4.98 Å².